The lowest BCUT2D eigenvalue weighted by Crippen LogP contribution is -2.47. The number of likely N-dealkylation sites (tertiary alicyclic amines) is 1. The normalized spacial score (nSPS) is 18.3. The van der Waals surface area contributed by atoms with Crippen LogP contribution in [0.2, 0.25) is 0 Å². The largest absolute Gasteiger partial charge is 0.478 e. The molecule has 0 unspecified atom stereocenters. The summed E-state index contributed by atoms with van der Waals surface area (Å²) in [6, 6.07) is 8.66. The van der Waals surface area contributed by atoms with E-state index in [-0.39, 0.29) is 16.1 Å². The summed E-state index contributed by atoms with van der Waals surface area (Å²) in [5.74, 6) is -0.380. The van der Waals surface area contributed by atoms with Gasteiger partial charge in [-0.05, 0) is 68.5 Å². The van der Waals surface area contributed by atoms with Gasteiger partial charge in [-0.3, -0.25) is 4.72 Å². The molecule has 2 saturated heterocycles. The molecular formula is C25H34N4O4S. The third-order valence-electron chi connectivity index (χ3n) is 6.89. The Bertz CT molecular complexity index is 1100. The summed E-state index contributed by atoms with van der Waals surface area (Å²) in [6.45, 7) is 7.89. The minimum Gasteiger partial charge on any atom is -0.478 e. The fraction of sp³-hybridized carbons (Fsp3) is 0.520. The van der Waals surface area contributed by atoms with Crippen LogP contribution in [-0.4, -0.2) is 61.6 Å². The maximum Gasteiger partial charge on any atom is 0.337 e. The van der Waals surface area contributed by atoms with Crippen molar-refractivity contribution in [3.05, 3.63) is 47.7 Å². The lowest BCUT2D eigenvalue weighted by molar-refractivity contribution is 0.0696. The molecule has 0 saturated carbocycles. The van der Waals surface area contributed by atoms with Crippen molar-refractivity contribution in [2.24, 2.45) is 0 Å². The Morgan fingerprint density at radius 3 is 2.29 bits per heavy atom. The molecule has 2 aromatic rings. The number of sulfonamides is 1. The fourth-order valence-corrected chi connectivity index (χ4v) is 5.92. The summed E-state index contributed by atoms with van der Waals surface area (Å²) in [7, 11) is -3.91. The van der Waals surface area contributed by atoms with E-state index in [9.17, 15) is 18.3 Å². The van der Waals surface area contributed by atoms with Crippen molar-refractivity contribution in [1.29, 1.82) is 0 Å². The van der Waals surface area contributed by atoms with E-state index in [0.717, 1.165) is 44.6 Å². The molecular weight excluding hydrogens is 452 g/mol. The van der Waals surface area contributed by atoms with Gasteiger partial charge in [0.25, 0.3) is 10.0 Å². The van der Waals surface area contributed by atoms with Crippen LogP contribution in [0.5, 0.6) is 0 Å². The highest BCUT2D eigenvalue weighted by molar-refractivity contribution is 7.92. The topological polar surface area (TPSA) is 103 Å². The number of anilines is 2. The van der Waals surface area contributed by atoms with Gasteiger partial charge in [0.15, 0.2) is 5.82 Å². The second-order valence-corrected chi connectivity index (χ2v) is 11.2. The van der Waals surface area contributed by atoms with Crippen molar-refractivity contribution in [2.75, 3.05) is 35.8 Å². The van der Waals surface area contributed by atoms with Gasteiger partial charge in [0.05, 0.1) is 16.1 Å². The Morgan fingerprint density at radius 2 is 1.71 bits per heavy atom. The molecule has 2 N–H and O–H groups in total. The van der Waals surface area contributed by atoms with E-state index in [1.807, 2.05) is 13.8 Å². The first-order chi connectivity index (χ1) is 16.2. The van der Waals surface area contributed by atoms with Crippen LogP contribution < -0.4 is 9.62 Å². The van der Waals surface area contributed by atoms with Gasteiger partial charge in [0.1, 0.15) is 0 Å². The molecule has 34 heavy (non-hydrogen) atoms. The SMILES string of the molecule is CC(C)c1ccc(S(=O)(=O)Nc2cc(C(=O)O)cnc2N2CCC(N3CCCCC3)CC2)cc1. The highest BCUT2D eigenvalue weighted by Gasteiger charge is 2.28. The van der Waals surface area contributed by atoms with Crippen molar-refractivity contribution in [3.63, 3.8) is 0 Å². The van der Waals surface area contributed by atoms with Crippen LogP contribution in [-0.2, 0) is 10.0 Å². The number of nitrogens with zero attached hydrogens (tertiary/aromatic N) is 3. The molecule has 0 radical (unpaired) electrons. The van der Waals surface area contributed by atoms with E-state index in [0.29, 0.717) is 17.8 Å². The summed E-state index contributed by atoms with van der Waals surface area (Å²) < 4.78 is 28.9. The molecule has 0 amide bonds. The molecule has 2 fully saturated rings. The number of aromatic nitrogens is 1. The summed E-state index contributed by atoms with van der Waals surface area (Å²) in [4.78, 5) is 20.7. The second-order valence-electron chi connectivity index (χ2n) is 9.54. The lowest BCUT2D eigenvalue weighted by atomic mass is 10.00. The highest BCUT2D eigenvalue weighted by atomic mass is 32.2. The third kappa shape index (κ3) is 5.52. The van der Waals surface area contributed by atoms with Gasteiger partial charge in [0.2, 0.25) is 0 Å². The minimum absolute atomic E-state index is 0.0557. The number of benzene rings is 1. The molecule has 2 aliphatic heterocycles. The van der Waals surface area contributed by atoms with Crippen LogP contribution in [0.1, 0.15) is 67.8 Å². The van der Waals surface area contributed by atoms with Crippen LogP contribution in [0.3, 0.4) is 0 Å². The monoisotopic (exact) mass is 486 g/mol. The molecule has 2 aliphatic rings. The minimum atomic E-state index is -3.91. The molecule has 1 aromatic carbocycles. The van der Waals surface area contributed by atoms with Gasteiger partial charge < -0.3 is 14.9 Å². The zero-order valence-electron chi connectivity index (χ0n) is 19.9. The lowest BCUT2D eigenvalue weighted by Gasteiger charge is -2.40. The van der Waals surface area contributed by atoms with Crippen LogP contribution in [0.15, 0.2) is 41.4 Å². The highest BCUT2D eigenvalue weighted by Crippen LogP contribution is 2.31. The quantitative estimate of drug-likeness (QED) is 0.606. The average molecular weight is 487 g/mol. The van der Waals surface area contributed by atoms with Crippen LogP contribution in [0.4, 0.5) is 11.5 Å². The van der Waals surface area contributed by atoms with E-state index in [4.69, 9.17) is 0 Å². The Morgan fingerprint density at radius 1 is 1.06 bits per heavy atom. The zero-order valence-corrected chi connectivity index (χ0v) is 20.7. The molecule has 4 rings (SSSR count). The number of carboxylic acids is 1. The van der Waals surface area contributed by atoms with E-state index in [1.165, 1.54) is 31.5 Å². The molecule has 0 atom stereocenters. The molecule has 1 aromatic heterocycles. The van der Waals surface area contributed by atoms with Gasteiger partial charge in [-0.25, -0.2) is 18.2 Å². The summed E-state index contributed by atoms with van der Waals surface area (Å²) >= 11 is 0. The first-order valence-corrected chi connectivity index (χ1v) is 13.6. The van der Waals surface area contributed by atoms with Gasteiger partial charge in [0, 0.05) is 25.3 Å². The molecule has 8 nitrogen and oxygen atoms in total. The van der Waals surface area contributed by atoms with E-state index < -0.39 is 16.0 Å². The predicted molar refractivity (Wildman–Crippen MR) is 133 cm³/mol. The van der Waals surface area contributed by atoms with E-state index >= 15 is 0 Å². The van der Waals surface area contributed by atoms with Crippen molar-refractivity contribution in [1.82, 2.24) is 9.88 Å². The number of carboxylic acid groups (broad SMARTS) is 1. The zero-order chi connectivity index (χ0) is 24.3. The van der Waals surface area contributed by atoms with Crippen molar-refractivity contribution >= 4 is 27.5 Å². The number of carbonyl (C=O) groups is 1. The van der Waals surface area contributed by atoms with E-state index in [1.54, 1.807) is 24.3 Å². The average Bonchev–Trinajstić information content (AvgIpc) is 2.84. The summed E-state index contributed by atoms with van der Waals surface area (Å²) in [5, 5.41) is 9.45. The Labute approximate surface area is 202 Å². The fourth-order valence-electron chi connectivity index (χ4n) is 4.86. The number of piperidine rings is 2. The third-order valence-corrected chi connectivity index (χ3v) is 8.27. The molecule has 184 valence electrons. The smallest absolute Gasteiger partial charge is 0.337 e. The van der Waals surface area contributed by atoms with Crippen LogP contribution in [0.25, 0.3) is 0 Å². The first kappa shape index (κ1) is 24.5. The van der Waals surface area contributed by atoms with Crippen LogP contribution >= 0.6 is 0 Å². The molecule has 0 bridgehead atoms. The second kappa shape index (κ2) is 10.3. The molecule has 3 heterocycles. The Kier molecular flexibility index (Phi) is 7.42. The number of aromatic carboxylic acids is 1. The number of rotatable bonds is 7. The summed E-state index contributed by atoms with van der Waals surface area (Å²) in [6.07, 6.45) is 7.06. The predicted octanol–water partition coefficient (Wildman–Crippen LogP) is 4.16. The van der Waals surface area contributed by atoms with Gasteiger partial charge in [-0.15, -0.1) is 0 Å². The van der Waals surface area contributed by atoms with Crippen molar-refractivity contribution in [2.45, 2.75) is 62.8 Å². The maximum absolute atomic E-state index is 13.1. The van der Waals surface area contributed by atoms with Gasteiger partial charge in [-0.2, -0.15) is 0 Å². The van der Waals surface area contributed by atoms with E-state index in [2.05, 4.69) is 19.5 Å². The van der Waals surface area contributed by atoms with Crippen LogP contribution in [0, 0.1) is 0 Å². The van der Waals surface area contributed by atoms with Crippen molar-refractivity contribution < 1.29 is 18.3 Å². The maximum atomic E-state index is 13.1. The standard InChI is InChI=1S/C25H34N4O4S/c1-18(2)19-6-8-22(9-7-19)34(32,33)27-23-16-20(25(30)31)17-26-24(23)29-14-10-21(11-15-29)28-12-4-3-5-13-28/h6-9,16-18,21,27H,3-5,10-15H2,1-2H3,(H,30,31). The number of hydrogen-bond donors (Lipinski definition) is 2. The first-order valence-electron chi connectivity index (χ1n) is 12.1. The molecule has 9 heteroatoms. The number of nitrogens with one attached hydrogen (secondary N) is 1. The van der Waals surface area contributed by atoms with Crippen molar-refractivity contribution in [3.8, 4) is 0 Å². The summed E-state index contributed by atoms with van der Waals surface area (Å²) in [5.41, 5.74) is 1.19. The number of pyridine rings is 1. The van der Waals surface area contributed by atoms with Gasteiger partial charge >= 0.3 is 5.97 Å². The Hall–Kier alpha value is -2.65. The number of hydrogen-bond acceptors (Lipinski definition) is 6. The Balaban J connectivity index is 1.55. The molecule has 0 aliphatic carbocycles. The van der Waals surface area contributed by atoms with Gasteiger partial charge in [-0.1, -0.05) is 32.4 Å². The molecule has 0 spiro atoms.